The van der Waals surface area contributed by atoms with Crippen LogP contribution in [-0.4, -0.2) is 0 Å². The number of rotatable bonds is 8. The highest BCUT2D eigenvalue weighted by Gasteiger charge is 2.24. The van der Waals surface area contributed by atoms with Gasteiger partial charge in [0.1, 0.15) is 0 Å². The molecule has 0 unspecified atom stereocenters. The van der Waals surface area contributed by atoms with Gasteiger partial charge in [-0.3, -0.25) is 0 Å². The molecular formula is C68H46N2S2. The van der Waals surface area contributed by atoms with Crippen molar-refractivity contribution in [1.82, 2.24) is 0 Å². The minimum absolute atomic E-state index is 1.11. The van der Waals surface area contributed by atoms with E-state index in [1.165, 1.54) is 106 Å². The van der Waals surface area contributed by atoms with Crippen LogP contribution >= 0.6 is 22.7 Å². The van der Waals surface area contributed by atoms with Crippen molar-refractivity contribution in [3.05, 3.63) is 254 Å². The van der Waals surface area contributed by atoms with Gasteiger partial charge in [0.25, 0.3) is 0 Å². The van der Waals surface area contributed by atoms with Crippen molar-refractivity contribution in [3.63, 3.8) is 0 Å². The molecule has 0 aliphatic carbocycles. The second kappa shape index (κ2) is 17.1. The summed E-state index contributed by atoms with van der Waals surface area (Å²) in [6, 6.07) is 90.2. The molecule has 0 spiro atoms. The predicted octanol–water partition coefficient (Wildman–Crippen LogP) is 20.8. The van der Waals surface area contributed by atoms with E-state index in [9.17, 15) is 0 Å². The lowest BCUT2D eigenvalue weighted by Crippen LogP contribution is -2.12. The zero-order valence-corrected chi connectivity index (χ0v) is 41.4. The Kier molecular flexibility index (Phi) is 10.1. The van der Waals surface area contributed by atoms with E-state index in [-0.39, 0.29) is 0 Å². The number of anilines is 6. The second-order valence-corrected chi connectivity index (χ2v) is 21.1. The SMILES string of the molecule is Cc1cccc(N(c2cccc(-c3cccc4c3sc3ccccc34)c2)c2cc3c4ccccc4c(N(c4cccc(C)c4)c4cccc(-c5cccc6c5sc5ccccc56)c4)cc3c3ccccc23)c1. The Bertz CT molecular complexity index is 4180. The van der Waals surface area contributed by atoms with Gasteiger partial charge in [-0.25, -0.2) is 0 Å². The number of nitrogens with zero attached hydrogens (tertiary/aromatic N) is 2. The molecule has 0 atom stereocenters. The molecule has 0 aliphatic heterocycles. The van der Waals surface area contributed by atoms with Crippen molar-refractivity contribution in [1.29, 1.82) is 0 Å². The monoisotopic (exact) mass is 954 g/mol. The highest BCUT2D eigenvalue weighted by molar-refractivity contribution is 7.26. The van der Waals surface area contributed by atoms with Crippen LogP contribution in [0.5, 0.6) is 0 Å². The van der Waals surface area contributed by atoms with Crippen LogP contribution in [0.1, 0.15) is 11.1 Å². The van der Waals surface area contributed by atoms with Crippen molar-refractivity contribution in [2.45, 2.75) is 13.8 Å². The summed E-state index contributed by atoms with van der Waals surface area (Å²) in [5.74, 6) is 0. The molecule has 14 rings (SSSR count). The summed E-state index contributed by atoms with van der Waals surface area (Å²) in [5.41, 5.74) is 14.1. The van der Waals surface area contributed by atoms with Gasteiger partial charge < -0.3 is 9.80 Å². The van der Waals surface area contributed by atoms with Gasteiger partial charge in [-0.05, 0) is 142 Å². The summed E-state index contributed by atoms with van der Waals surface area (Å²) in [5, 5.41) is 12.4. The molecular weight excluding hydrogens is 909 g/mol. The highest BCUT2D eigenvalue weighted by atomic mass is 32.1. The van der Waals surface area contributed by atoms with Gasteiger partial charge in [0.15, 0.2) is 0 Å². The third-order valence-corrected chi connectivity index (χ3v) is 16.9. The third-order valence-electron chi connectivity index (χ3n) is 14.5. The van der Waals surface area contributed by atoms with Crippen LogP contribution in [0.25, 0.3) is 94.9 Å². The van der Waals surface area contributed by atoms with E-state index in [1.54, 1.807) is 0 Å². The maximum Gasteiger partial charge on any atom is 0.0546 e. The fourth-order valence-electron chi connectivity index (χ4n) is 11.2. The quantitative estimate of drug-likeness (QED) is 0.140. The Labute approximate surface area is 426 Å². The van der Waals surface area contributed by atoms with Crippen molar-refractivity contribution < 1.29 is 0 Å². The number of hydrogen-bond donors (Lipinski definition) is 0. The van der Waals surface area contributed by atoms with Crippen molar-refractivity contribution in [2.24, 2.45) is 0 Å². The molecule has 2 aromatic heterocycles. The molecule has 4 heteroatoms. The van der Waals surface area contributed by atoms with Crippen molar-refractivity contribution >= 4 is 129 Å². The minimum atomic E-state index is 1.11. The molecule has 0 saturated carbocycles. The standard InChI is InChI=1S/C68H46N2S2/c1-43-17-11-21-47(37-43)69(49-23-13-19-45(39-49)51-31-15-33-59-57-29-7-9-35-65(57)71-67(51)59)63-41-61-54-26-4-6-28-56(54)64(42-62(61)53-25-3-5-27-55(53)63)70(48-22-12-18-44(2)38-48)50-24-14-20-46(40-50)52-32-16-34-60-58-30-8-10-36-66(58)72-68(52)60/h3-42H,1-2H3. The fraction of sp³-hybridized carbons (Fsp3) is 0.0294. The topological polar surface area (TPSA) is 6.48 Å². The minimum Gasteiger partial charge on any atom is -0.310 e. The number of hydrogen-bond acceptors (Lipinski definition) is 4. The lowest BCUT2D eigenvalue weighted by molar-refractivity contribution is 1.28. The zero-order valence-electron chi connectivity index (χ0n) is 39.8. The Balaban J connectivity index is 0.987. The Morgan fingerprint density at radius 2 is 0.611 bits per heavy atom. The Morgan fingerprint density at radius 1 is 0.264 bits per heavy atom. The first-order valence-corrected chi connectivity index (χ1v) is 26.3. The first-order valence-electron chi connectivity index (χ1n) is 24.6. The van der Waals surface area contributed by atoms with Crippen molar-refractivity contribution in [2.75, 3.05) is 9.80 Å². The zero-order chi connectivity index (χ0) is 47.9. The maximum atomic E-state index is 2.48. The molecule has 0 fully saturated rings. The molecule has 72 heavy (non-hydrogen) atoms. The summed E-state index contributed by atoms with van der Waals surface area (Å²) in [6.07, 6.45) is 0. The van der Waals surface area contributed by atoms with Crippen LogP contribution in [0.2, 0.25) is 0 Å². The van der Waals surface area contributed by atoms with Gasteiger partial charge >= 0.3 is 0 Å². The molecule has 0 N–H and O–H groups in total. The largest absolute Gasteiger partial charge is 0.310 e. The molecule has 0 saturated heterocycles. The van der Waals surface area contributed by atoms with Crippen molar-refractivity contribution in [3.8, 4) is 22.3 Å². The van der Waals surface area contributed by atoms with Crippen LogP contribution < -0.4 is 9.80 Å². The van der Waals surface area contributed by atoms with Gasteiger partial charge in [-0.1, -0.05) is 170 Å². The van der Waals surface area contributed by atoms with Gasteiger partial charge in [-0.2, -0.15) is 0 Å². The van der Waals surface area contributed by atoms with E-state index in [0.29, 0.717) is 0 Å². The van der Waals surface area contributed by atoms with Crippen LogP contribution in [0, 0.1) is 13.8 Å². The van der Waals surface area contributed by atoms with Crippen LogP contribution in [0.4, 0.5) is 34.1 Å². The average Bonchev–Trinajstić information content (AvgIpc) is 4.01. The summed E-state index contributed by atoms with van der Waals surface area (Å²) in [6.45, 7) is 4.38. The predicted molar refractivity (Wildman–Crippen MR) is 314 cm³/mol. The summed E-state index contributed by atoms with van der Waals surface area (Å²) >= 11 is 3.76. The van der Waals surface area contributed by atoms with E-state index < -0.39 is 0 Å². The van der Waals surface area contributed by atoms with Crippen LogP contribution in [-0.2, 0) is 0 Å². The number of thiophene rings is 2. The number of benzene rings is 12. The first kappa shape index (κ1) is 42.3. The van der Waals surface area contributed by atoms with E-state index in [4.69, 9.17) is 0 Å². The van der Waals surface area contributed by atoms with E-state index >= 15 is 0 Å². The molecule has 14 aromatic rings. The molecule has 12 aromatic carbocycles. The molecule has 0 bridgehead atoms. The highest BCUT2D eigenvalue weighted by Crippen LogP contribution is 2.50. The van der Waals surface area contributed by atoms with E-state index in [2.05, 4.69) is 266 Å². The summed E-state index contributed by atoms with van der Waals surface area (Å²) < 4.78 is 5.26. The Hall–Kier alpha value is -8.54. The van der Waals surface area contributed by atoms with Gasteiger partial charge in [0, 0.05) is 73.9 Å². The molecule has 2 heterocycles. The lowest BCUT2D eigenvalue weighted by Gasteiger charge is -2.30. The van der Waals surface area contributed by atoms with E-state index in [1.807, 2.05) is 22.7 Å². The lowest BCUT2D eigenvalue weighted by atomic mass is 9.93. The van der Waals surface area contributed by atoms with Gasteiger partial charge in [0.2, 0.25) is 0 Å². The smallest absolute Gasteiger partial charge is 0.0546 e. The first-order chi connectivity index (χ1) is 35.5. The average molecular weight is 955 g/mol. The molecule has 2 nitrogen and oxygen atoms in total. The second-order valence-electron chi connectivity index (χ2n) is 19.0. The Morgan fingerprint density at radius 3 is 1.04 bits per heavy atom. The van der Waals surface area contributed by atoms with Gasteiger partial charge in [0.05, 0.1) is 11.4 Å². The number of aryl methyl sites for hydroxylation is 2. The van der Waals surface area contributed by atoms with Crippen LogP contribution in [0.3, 0.4) is 0 Å². The molecule has 0 aliphatic rings. The molecule has 0 amide bonds. The maximum absolute atomic E-state index is 2.48. The van der Waals surface area contributed by atoms with Crippen LogP contribution in [0.15, 0.2) is 243 Å². The normalized spacial score (nSPS) is 11.8. The summed E-state index contributed by atoms with van der Waals surface area (Å²) in [4.78, 5) is 4.96. The van der Waals surface area contributed by atoms with Gasteiger partial charge in [-0.15, -0.1) is 22.7 Å². The molecule has 0 radical (unpaired) electrons. The fourth-order valence-corrected chi connectivity index (χ4v) is 13.7. The van der Waals surface area contributed by atoms with E-state index in [0.717, 1.165) is 34.1 Å². The third kappa shape index (κ3) is 6.98. The number of fused-ring (bicyclic) bond motifs is 11. The molecule has 340 valence electrons. The summed E-state index contributed by atoms with van der Waals surface area (Å²) in [7, 11) is 0.